The van der Waals surface area contributed by atoms with Crippen LogP contribution in [0.25, 0.3) is 0 Å². The van der Waals surface area contributed by atoms with Crippen LogP contribution in [0.5, 0.6) is 0 Å². The number of carbonyl (C=O) groups excluding carboxylic acids is 2. The molecule has 6 nitrogen and oxygen atoms in total. The van der Waals surface area contributed by atoms with E-state index in [4.69, 9.17) is 4.42 Å². The van der Waals surface area contributed by atoms with Crippen molar-refractivity contribution in [2.24, 2.45) is 0 Å². The zero-order chi connectivity index (χ0) is 14.3. The van der Waals surface area contributed by atoms with Gasteiger partial charge < -0.3 is 4.42 Å². The summed E-state index contributed by atoms with van der Waals surface area (Å²) in [4.78, 5) is 32.8. The standard InChI is InChI=1S/C13H13N3O3S/c1-6-10(19-7(2)14-6)12(18)16-13-15-8-4-3-5-9(17)11(8)20-13/h3-5H2,1-2H3,(H,15,16,18). The van der Waals surface area contributed by atoms with E-state index in [1.165, 1.54) is 11.3 Å². The molecular formula is C13H13N3O3S. The van der Waals surface area contributed by atoms with Gasteiger partial charge in [0, 0.05) is 13.3 Å². The molecule has 0 aliphatic heterocycles. The van der Waals surface area contributed by atoms with Gasteiger partial charge in [0.2, 0.25) is 5.76 Å². The third kappa shape index (κ3) is 2.24. The maximum Gasteiger partial charge on any atom is 0.295 e. The fraction of sp³-hybridized carbons (Fsp3) is 0.385. The Hall–Kier alpha value is -2.02. The quantitative estimate of drug-likeness (QED) is 0.919. The van der Waals surface area contributed by atoms with Crippen LogP contribution in [-0.4, -0.2) is 21.7 Å². The molecule has 0 saturated carbocycles. The first-order valence-electron chi connectivity index (χ1n) is 6.33. The summed E-state index contributed by atoms with van der Waals surface area (Å²) in [6, 6.07) is 0. The average Bonchev–Trinajstić information content (AvgIpc) is 2.93. The SMILES string of the molecule is Cc1nc(C)c(C(=O)Nc2nc3c(s2)C(=O)CCC3)o1. The molecule has 2 aromatic heterocycles. The summed E-state index contributed by atoms with van der Waals surface area (Å²) >= 11 is 1.22. The Labute approximate surface area is 119 Å². The highest BCUT2D eigenvalue weighted by atomic mass is 32.1. The Morgan fingerprint density at radius 3 is 2.75 bits per heavy atom. The van der Waals surface area contributed by atoms with E-state index in [0.29, 0.717) is 28.0 Å². The van der Waals surface area contributed by atoms with Gasteiger partial charge in [-0.25, -0.2) is 9.97 Å². The van der Waals surface area contributed by atoms with Gasteiger partial charge in [-0.15, -0.1) is 0 Å². The lowest BCUT2D eigenvalue weighted by molar-refractivity contribution is 0.0973. The second kappa shape index (κ2) is 4.82. The summed E-state index contributed by atoms with van der Waals surface area (Å²) in [6.07, 6.45) is 2.17. The van der Waals surface area contributed by atoms with Crippen molar-refractivity contribution in [3.05, 3.63) is 27.9 Å². The largest absolute Gasteiger partial charge is 0.436 e. The molecule has 1 aliphatic rings. The van der Waals surface area contributed by atoms with E-state index in [-0.39, 0.29) is 17.5 Å². The molecule has 1 aliphatic carbocycles. The summed E-state index contributed by atoms with van der Waals surface area (Å²) in [5.41, 5.74) is 1.32. The lowest BCUT2D eigenvalue weighted by atomic mass is 10.0. The van der Waals surface area contributed by atoms with E-state index in [1.54, 1.807) is 13.8 Å². The monoisotopic (exact) mass is 291 g/mol. The summed E-state index contributed by atoms with van der Waals surface area (Å²) in [5.74, 6) is 0.348. The number of oxazole rings is 1. The van der Waals surface area contributed by atoms with Crippen molar-refractivity contribution >= 4 is 28.2 Å². The molecule has 7 heteroatoms. The molecule has 2 heterocycles. The highest BCUT2D eigenvalue weighted by Gasteiger charge is 2.24. The number of hydrogen-bond acceptors (Lipinski definition) is 6. The normalized spacial score (nSPS) is 14.2. The predicted molar refractivity (Wildman–Crippen MR) is 73.3 cm³/mol. The Kier molecular flexibility index (Phi) is 3.13. The minimum absolute atomic E-state index is 0.107. The van der Waals surface area contributed by atoms with Crippen LogP contribution in [0, 0.1) is 13.8 Å². The van der Waals surface area contributed by atoms with Crippen LogP contribution in [0.4, 0.5) is 5.13 Å². The topological polar surface area (TPSA) is 85.1 Å². The number of fused-ring (bicyclic) bond motifs is 1. The summed E-state index contributed by atoms with van der Waals surface area (Å²) in [7, 11) is 0. The van der Waals surface area contributed by atoms with Crippen LogP contribution in [0.15, 0.2) is 4.42 Å². The number of ketones is 1. The maximum atomic E-state index is 12.1. The molecule has 0 fully saturated rings. The molecule has 3 rings (SSSR count). The van der Waals surface area contributed by atoms with Gasteiger partial charge in [-0.05, 0) is 19.8 Å². The van der Waals surface area contributed by atoms with Crippen LogP contribution in [-0.2, 0) is 6.42 Å². The number of aromatic nitrogens is 2. The number of Topliss-reactive ketones (excluding diaryl/α,β-unsaturated/α-hetero) is 1. The molecule has 0 atom stereocenters. The fourth-order valence-corrected chi connectivity index (χ4v) is 3.19. The Morgan fingerprint density at radius 2 is 2.10 bits per heavy atom. The molecule has 104 valence electrons. The first-order valence-corrected chi connectivity index (χ1v) is 7.14. The molecule has 2 aromatic rings. The van der Waals surface area contributed by atoms with Gasteiger partial charge in [-0.1, -0.05) is 11.3 Å². The van der Waals surface area contributed by atoms with Crippen molar-refractivity contribution in [2.45, 2.75) is 33.1 Å². The van der Waals surface area contributed by atoms with E-state index in [2.05, 4.69) is 15.3 Å². The molecule has 0 unspecified atom stereocenters. The molecule has 0 saturated heterocycles. The van der Waals surface area contributed by atoms with E-state index in [1.807, 2.05) is 0 Å². The van der Waals surface area contributed by atoms with Crippen LogP contribution < -0.4 is 5.32 Å². The van der Waals surface area contributed by atoms with Gasteiger partial charge in [0.05, 0.1) is 16.3 Å². The minimum atomic E-state index is -0.387. The second-order valence-electron chi connectivity index (χ2n) is 4.67. The van der Waals surface area contributed by atoms with Crippen molar-refractivity contribution in [2.75, 3.05) is 5.32 Å². The first kappa shape index (κ1) is 13.0. The predicted octanol–water partition coefficient (Wildman–Crippen LogP) is 2.52. The van der Waals surface area contributed by atoms with Gasteiger partial charge >= 0.3 is 0 Å². The third-order valence-electron chi connectivity index (χ3n) is 3.10. The molecule has 0 bridgehead atoms. The van der Waals surface area contributed by atoms with Gasteiger partial charge in [-0.2, -0.15) is 0 Å². The molecule has 1 amide bonds. The molecule has 20 heavy (non-hydrogen) atoms. The van der Waals surface area contributed by atoms with Gasteiger partial charge in [0.15, 0.2) is 16.8 Å². The number of aryl methyl sites for hydroxylation is 3. The van der Waals surface area contributed by atoms with Crippen molar-refractivity contribution in [1.82, 2.24) is 9.97 Å². The smallest absolute Gasteiger partial charge is 0.295 e. The molecule has 0 spiro atoms. The van der Waals surface area contributed by atoms with Crippen molar-refractivity contribution < 1.29 is 14.0 Å². The number of hydrogen-bond donors (Lipinski definition) is 1. The Morgan fingerprint density at radius 1 is 1.30 bits per heavy atom. The highest BCUT2D eigenvalue weighted by molar-refractivity contribution is 7.17. The summed E-state index contributed by atoms with van der Waals surface area (Å²) < 4.78 is 5.26. The van der Waals surface area contributed by atoms with Gasteiger partial charge in [-0.3, -0.25) is 14.9 Å². The van der Waals surface area contributed by atoms with Gasteiger partial charge in [0.25, 0.3) is 5.91 Å². The van der Waals surface area contributed by atoms with Gasteiger partial charge in [0.1, 0.15) is 0 Å². The second-order valence-corrected chi connectivity index (χ2v) is 5.67. The summed E-state index contributed by atoms with van der Waals surface area (Å²) in [6.45, 7) is 3.40. The van der Waals surface area contributed by atoms with Crippen molar-refractivity contribution in [3.63, 3.8) is 0 Å². The molecular weight excluding hydrogens is 278 g/mol. The van der Waals surface area contributed by atoms with Crippen molar-refractivity contribution in [1.29, 1.82) is 0 Å². The number of nitrogens with one attached hydrogen (secondary N) is 1. The number of nitrogens with zero attached hydrogens (tertiary/aromatic N) is 2. The van der Waals surface area contributed by atoms with E-state index in [9.17, 15) is 9.59 Å². The van der Waals surface area contributed by atoms with Crippen molar-refractivity contribution in [3.8, 4) is 0 Å². The van der Waals surface area contributed by atoms with E-state index < -0.39 is 0 Å². The summed E-state index contributed by atoms with van der Waals surface area (Å²) in [5, 5.41) is 3.11. The number of rotatable bonds is 2. The molecule has 0 aromatic carbocycles. The van der Waals surface area contributed by atoms with E-state index in [0.717, 1.165) is 18.5 Å². The lowest BCUT2D eigenvalue weighted by Gasteiger charge is -2.05. The molecule has 1 N–H and O–H groups in total. The number of thiazole rings is 1. The number of carbonyl (C=O) groups is 2. The maximum absolute atomic E-state index is 12.1. The Balaban J connectivity index is 1.83. The number of amides is 1. The lowest BCUT2D eigenvalue weighted by Crippen LogP contribution is -2.12. The Bertz CT molecular complexity index is 702. The molecule has 0 radical (unpaired) electrons. The van der Waals surface area contributed by atoms with Crippen LogP contribution in [0.3, 0.4) is 0 Å². The average molecular weight is 291 g/mol. The fourth-order valence-electron chi connectivity index (χ4n) is 2.22. The van der Waals surface area contributed by atoms with Crippen LogP contribution in [0.2, 0.25) is 0 Å². The van der Waals surface area contributed by atoms with Crippen LogP contribution >= 0.6 is 11.3 Å². The first-order chi connectivity index (χ1) is 9.54. The highest BCUT2D eigenvalue weighted by Crippen LogP contribution is 2.29. The zero-order valence-electron chi connectivity index (χ0n) is 11.1. The third-order valence-corrected chi connectivity index (χ3v) is 4.15. The number of anilines is 1. The van der Waals surface area contributed by atoms with E-state index >= 15 is 0 Å². The minimum Gasteiger partial charge on any atom is -0.436 e. The zero-order valence-corrected chi connectivity index (χ0v) is 12.0. The van der Waals surface area contributed by atoms with Crippen LogP contribution in [0.1, 0.15) is 50.3 Å².